The number of nitrogens with two attached hydrogens (primary N) is 1. The monoisotopic (exact) mass is 285 g/mol. The van der Waals surface area contributed by atoms with Crippen LogP contribution in [0.1, 0.15) is 56.6 Å². The maximum atomic E-state index is 6.42. The van der Waals surface area contributed by atoms with Gasteiger partial charge in [-0.25, -0.2) is 0 Å². The van der Waals surface area contributed by atoms with Crippen molar-refractivity contribution in [3.63, 3.8) is 0 Å². The molecule has 2 rings (SSSR count). The van der Waals surface area contributed by atoms with Gasteiger partial charge >= 0.3 is 0 Å². The second-order valence-electron chi connectivity index (χ2n) is 5.30. The van der Waals surface area contributed by atoms with Crippen LogP contribution in [0.25, 0.3) is 0 Å². The molecular formula is C15H21Cl2N. The molecular weight excluding hydrogens is 265 g/mol. The van der Waals surface area contributed by atoms with Gasteiger partial charge in [0.15, 0.2) is 0 Å². The summed E-state index contributed by atoms with van der Waals surface area (Å²) in [4.78, 5) is 0. The van der Waals surface area contributed by atoms with Crippen molar-refractivity contribution in [3.8, 4) is 0 Å². The molecule has 1 aromatic rings. The molecule has 0 amide bonds. The summed E-state index contributed by atoms with van der Waals surface area (Å²) in [5.41, 5.74) is 7.43. The molecule has 1 nitrogen and oxygen atoms in total. The first kappa shape index (κ1) is 14.2. The number of halogens is 2. The standard InChI is InChI=1S/C15H21Cl2N/c16-12-8-9-14(17)13(10-12)15(18)11-6-4-2-1-3-5-7-11/h8-11,15H,1-7,18H2. The number of rotatable bonds is 2. The first-order valence-corrected chi connectivity index (χ1v) is 7.64. The SMILES string of the molecule is NC(c1cc(Cl)ccc1Cl)C1CCCCCCC1. The zero-order chi connectivity index (χ0) is 13.0. The highest BCUT2D eigenvalue weighted by atomic mass is 35.5. The van der Waals surface area contributed by atoms with Gasteiger partial charge < -0.3 is 5.73 Å². The Balaban J connectivity index is 2.12. The van der Waals surface area contributed by atoms with Gasteiger partial charge in [-0.2, -0.15) is 0 Å². The van der Waals surface area contributed by atoms with E-state index in [1.807, 2.05) is 18.2 Å². The van der Waals surface area contributed by atoms with E-state index in [1.165, 1.54) is 44.9 Å². The summed E-state index contributed by atoms with van der Waals surface area (Å²) in [7, 11) is 0. The molecule has 3 heteroatoms. The number of hydrogen-bond donors (Lipinski definition) is 1. The normalized spacial score (nSPS) is 20.2. The van der Waals surface area contributed by atoms with Crippen molar-refractivity contribution in [1.29, 1.82) is 0 Å². The highest BCUT2D eigenvalue weighted by Gasteiger charge is 2.22. The van der Waals surface area contributed by atoms with Gasteiger partial charge in [-0.15, -0.1) is 0 Å². The zero-order valence-corrected chi connectivity index (χ0v) is 12.2. The molecule has 1 aliphatic carbocycles. The van der Waals surface area contributed by atoms with Crippen molar-refractivity contribution < 1.29 is 0 Å². The molecule has 1 atom stereocenters. The maximum Gasteiger partial charge on any atom is 0.0454 e. The van der Waals surface area contributed by atoms with Crippen molar-refractivity contribution >= 4 is 23.2 Å². The van der Waals surface area contributed by atoms with Gasteiger partial charge in [0.1, 0.15) is 0 Å². The molecule has 1 aliphatic rings. The molecule has 0 bridgehead atoms. The molecule has 100 valence electrons. The van der Waals surface area contributed by atoms with Crippen molar-refractivity contribution in [2.45, 2.75) is 51.0 Å². The highest BCUT2D eigenvalue weighted by molar-refractivity contribution is 6.33. The Morgan fingerprint density at radius 2 is 1.61 bits per heavy atom. The van der Waals surface area contributed by atoms with E-state index in [4.69, 9.17) is 28.9 Å². The van der Waals surface area contributed by atoms with Gasteiger partial charge in [0.05, 0.1) is 0 Å². The molecule has 0 spiro atoms. The van der Waals surface area contributed by atoms with Gasteiger partial charge in [-0.05, 0) is 42.5 Å². The summed E-state index contributed by atoms with van der Waals surface area (Å²) in [6.45, 7) is 0. The molecule has 1 fully saturated rings. The van der Waals surface area contributed by atoms with Crippen molar-refractivity contribution in [2.75, 3.05) is 0 Å². The lowest BCUT2D eigenvalue weighted by Crippen LogP contribution is -2.22. The van der Waals surface area contributed by atoms with Crippen LogP contribution in [0.15, 0.2) is 18.2 Å². The maximum absolute atomic E-state index is 6.42. The Kier molecular flexibility index (Phi) is 5.35. The second kappa shape index (κ2) is 6.79. The largest absolute Gasteiger partial charge is 0.324 e. The smallest absolute Gasteiger partial charge is 0.0454 e. The average Bonchev–Trinajstić information content (AvgIpc) is 2.31. The summed E-state index contributed by atoms with van der Waals surface area (Å²) in [6.07, 6.45) is 9.06. The third-order valence-electron chi connectivity index (χ3n) is 3.97. The van der Waals surface area contributed by atoms with Crippen LogP contribution in [-0.4, -0.2) is 0 Å². The highest BCUT2D eigenvalue weighted by Crippen LogP contribution is 2.35. The minimum absolute atomic E-state index is 0.0225. The summed E-state index contributed by atoms with van der Waals surface area (Å²) >= 11 is 12.3. The van der Waals surface area contributed by atoms with E-state index in [0.717, 1.165) is 15.6 Å². The lowest BCUT2D eigenvalue weighted by atomic mass is 9.83. The van der Waals surface area contributed by atoms with E-state index >= 15 is 0 Å². The summed E-state index contributed by atoms with van der Waals surface area (Å²) in [5, 5.41) is 1.46. The van der Waals surface area contributed by atoms with Crippen LogP contribution in [-0.2, 0) is 0 Å². The summed E-state index contributed by atoms with van der Waals surface area (Å²) in [5.74, 6) is 0.543. The van der Waals surface area contributed by atoms with Gasteiger partial charge in [0.2, 0.25) is 0 Å². The molecule has 1 saturated carbocycles. The quantitative estimate of drug-likeness (QED) is 0.778. The molecule has 0 aromatic heterocycles. The van der Waals surface area contributed by atoms with Crippen molar-refractivity contribution in [3.05, 3.63) is 33.8 Å². The van der Waals surface area contributed by atoms with E-state index in [-0.39, 0.29) is 6.04 Å². The lowest BCUT2D eigenvalue weighted by Gasteiger charge is -2.26. The van der Waals surface area contributed by atoms with Crippen LogP contribution >= 0.6 is 23.2 Å². The van der Waals surface area contributed by atoms with Crippen LogP contribution in [0.2, 0.25) is 10.0 Å². The molecule has 1 unspecified atom stereocenters. The summed E-state index contributed by atoms with van der Waals surface area (Å²) < 4.78 is 0. The van der Waals surface area contributed by atoms with Gasteiger partial charge in [0, 0.05) is 16.1 Å². The predicted molar refractivity (Wildman–Crippen MR) is 79.2 cm³/mol. The van der Waals surface area contributed by atoms with Crippen molar-refractivity contribution in [1.82, 2.24) is 0 Å². The molecule has 18 heavy (non-hydrogen) atoms. The number of benzene rings is 1. The third kappa shape index (κ3) is 3.63. The topological polar surface area (TPSA) is 26.0 Å². The minimum atomic E-state index is 0.0225. The number of hydrogen-bond acceptors (Lipinski definition) is 1. The predicted octanol–water partition coefficient (Wildman–Crippen LogP) is 5.35. The lowest BCUT2D eigenvalue weighted by molar-refractivity contribution is 0.327. The van der Waals surface area contributed by atoms with Gasteiger partial charge in [0.25, 0.3) is 0 Å². The van der Waals surface area contributed by atoms with Gasteiger partial charge in [-0.1, -0.05) is 55.3 Å². The van der Waals surface area contributed by atoms with E-state index in [9.17, 15) is 0 Å². The second-order valence-corrected chi connectivity index (χ2v) is 6.14. The van der Waals surface area contributed by atoms with Gasteiger partial charge in [-0.3, -0.25) is 0 Å². The minimum Gasteiger partial charge on any atom is -0.324 e. The Morgan fingerprint density at radius 1 is 1.00 bits per heavy atom. The van der Waals surface area contributed by atoms with Crippen LogP contribution in [0.3, 0.4) is 0 Å². The van der Waals surface area contributed by atoms with Crippen molar-refractivity contribution in [2.24, 2.45) is 11.7 Å². The van der Waals surface area contributed by atoms with E-state index in [2.05, 4.69) is 0 Å². The fourth-order valence-electron chi connectivity index (χ4n) is 2.87. The Labute approximate surface area is 120 Å². The first-order valence-electron chi connectivity index (χ1n) is 6.89. The Bertz CT molecular complexity index is 384. The third-order valence-corrected chi connectivity index (χ3v) is 4.55. The van der Waals surface area contributed by atoms with Crippen LogP contribution < -0.4 is 5.73 Å². The first-order chi connectivity index (χ1) is 8.68. The zero-order valence-electron chi connectivity index (χ0n) is 10.7. The molecule has 2 N–H and O–H groups in total. The van der Waals surface area contributed by atoms with Crippen LogP contribution in [0, 0.1) is 5.92 Å². The van der Waals surface area contributed by atoms with Crippen LogP contribution in [0.4, 0.5) is 0 Å². The molecule has 1 aromatic carbocycles. The fraction of sp³-hybridized carbons (Fsp3) is 0.600. The molecule has 0 radical (unpaired) electrons. The van der Waals surface area contributed by atoms with E-state index in [1.54, 1.807) is 0 Å². The Morgan fingerprint density at radius 3 is 2.28 bits per heavy atom. The van der Waals surface area contributed by atoms with E-state index < -0.39 is 0 Å². The average molecular weight is 286 g/mol. The molecule has 0 heterocycles. The fourth-order valence-corrected chi connectivity index (χ4v) is 3.29. The molecule has 0 saturated heterocycles. The molecule has 0 aliphatic heterocycles. The van der Waals surface area contributed by atoms with Crippen LogP contribution in [0.5, 0.6) is 0 Å². The van der Waals surface area contributed by atoms with E-state index in [0.29, 0.717) is 5.92 Å². The Hall–Kier alpha value is -0.240. The summed E-state index contributed by atoms with van der Waals surface area (Å²) in [6, 6.07) is 5.61.